The number of carbonyl (C=O) groups is 2. The number of ether oxygens (including phenoxy) is 1. The molecule has 3 aliphatic rings. The summed E-state index contributed by atoms with van der Waals surface area (Å²) in [5.41, 5.74) is 2.20. The van der Waals surface area contributed by atoms with Crippen molar-refractivity contribution in [2.45, 2.75) is 32.1 Å². The van der Waals surface area contributed by atoms with Gasteiger partial charge in [0.15, 0.2) is 0 Å². The Morgan fingerprint density at radius 1 is 1.40 bits per heavy atom. The monoisotopic (exact) mass is 410 g/mol. The van der Waals surface area contributed by atoms with Crippen LogP contribution in [0.25, 0.3) is 0 Å². The molecular weight excluding hydrogens is 387 g/mol. The van der Waals surface area contributed by atoms with Crippen molar-refractivity contribution in [3.8, 4) is 0 Å². The second-order valence-corrected chi connectivity index (χ2v) is 8.49. The lowest BCUT2D eigenvalue weighted by atomic mass is 9.76. The Balaban J connectivity index is 1.43. The van der Waals surface area contributed by atoms with Crippen molar-refractivity contribution < 1.29 is 18.7 Å². The number of amides is 2. The van der Waals surface area contributed by atoms with E-state index in [4.69, 9.17) is 4.74 Å². The molecule has 8 heteroatoms. The largest absolute Gasteiger partial charge is 0.360 e. The Kier molecular flexibility index (Phi) is 4.12. The van der Waals surface area contributed by atoms with Crippen LogP contribution in [0.5, 0.6) is 0 Å². The molecule has 30 heavy (non-hydrogen) atoms. The van der Waals surface area contributed by atoms with E-state index in [-0.39, 0.29) is 17.6 Å². The summed E-state index contributed by atoms with van der Waals surface area (Å²) in [6, 6.07) is 6.25. The van der Waals surface area contributed by atoms with Gasteiger partial charge in [-0.25, -0.2) is 4.39 Å². The Bertz CT molecular complexity index is 1080. The molecule has 2 saturated heterocycles. The summed E-state index contributed by atoms with van der Waals surface area (Å²) in [6.07, 6.45) is 3.39. The van der Waals surface area contributed by atoms with Gasteiger partial charge in [-0.05, 0) is 43.7 Å². The molecule has 0 radical (unpaired) electrons. The summed E-state index contributed by atoms with van der Waals surface area (Å²) in [6.45, 7) is 4.35. The van der Waals surface area contributed by atoms with Gasteiger partial charge in [-0.2, -0.15) is 5.10 Å². The molecule has 3 aliphatic heterocycles. The maximum absolute atomic E-state index is 13.6. The van der Waals surface area contributed by atoms with Crippen LogP contribution in [-0.2, 0) is 20.9 Å². The third kappa shape index (κ3) is 2.70. The van der Waals surface area contributed by atoms with E-state index in [0.29, 0.717) is 24.3 Å². The molecule has 2 amide bonds. The number of hydrogen-bond donors (Lipinski definition) is 1. The summed E-state index contributed by atoms with van der Waals surface area (Å²) in [5, 5.41) is 7.07. The number of aromatic nitrogens is 2. The van der Waals surface area contributed by atoms with Crippen molar-refractivity contribution in [3.05, 3.63) is 59.2 Å². The van der Waals surface area contributed by atoms with Crippen molar-refractivity contribution >= 4 is 17.5 Å². The van der Waals surface area contributed by atoms with E-state index >= 15 is 0 Å². The SMILES string of the molecule is Cc1cc(CN(C)C(=O)[C@@H]2[C@@H]3C=C[C@@]4(CN(c5ccc(F)cc5C)C(=O)[C@@H]24)O3)n[nH]1. The first-order valence-corrected chi connectivity index (χ1v) is 10.00. The molecule has 156 valence electrons. The average Bonchev–Trinajstić information content (AvgIpc) is 3.43. The lowest BCUT2D eigenvalue weighted by Gasteiger charge is -2.27. The lowest BCUT2D eigenvalue weighted by molar-refractivity contribution is -0.139. The van der Waals surface area contributed by atoms with Gasteiger partial charge in [0.05, 0.1) is 36.7 Å². The van der Waals surface area contributed by atoms with Crippen LogP contribution in [0.1, 0.15) is 17.0 Å². The van der Waals surface area contributed by atoms with Crippen molar-refractivity contribution in [2.75, 3.05) is 18.5 Å². The number of nitrogens with zero attached hydrogens (tertiary/aromatic N) is 3. The minimum Gasteiger partial charge on any atom is -0.360 e. The highest BCUT2D eigenvalue weighted by Crippen LogP contribution is 2.53. The molecule has 2 fully saturated rings. The summed E-state index contributed by atoms with van der Waals surface area (Å²) in [4.78, 5) is 30.0. The van der Waals surface area contributed by atoms with E-state index in [1.165, 1.54) is 12.1 Å². The molecule has 0 saturated carbocycles. The van der Waals surface area contributed by atoms with E-state index in [1.54, 1.807) is 29.8 Å². The van der Waals surface area contributed by atoms with Crippen LogP contribution in [-0.4, -0.2) is 52.2 Å². The molecule has 2 bridgehead atoms. The Morgan fingerprint density at radius 3 is 2.90 bits per heavy atom. The minimum atomic E-state index is -0.813. The second kappa shape index (κ2) is 6.50. The lowest BCUT2D eigenvalue weighted by Crippen LogP contribution is -2.44. The zero-order valence-corrected chi connectivity index (χ0v) is 17.1. The fraction of sp³-hybridized carbons (Fsp3) is 0.409. The van der Waals surface area contributed by atoms with E-state index in [2.05, 4.69) is 10.2 Å². The molecule has 1 aromatic carbocycles. The van der Waals surface area contributed by atoms with Gasteiger partial charge in [0.25, 0.3) is 0 Å². The van der Waals surface area contributed by atoms with Crippen molar-refractivity contribution in [2.24, 2.45) is 11.8 Å². The van der Waals surface area contributed by atoms with Crippen LogP contribution in [0.3, 0.4) is 0 Å². The number of fused-ring (bicyclic) bond motifs is 1. The zero-order valence-electron chi connectivity index (χ0n) is 17.1. The molecule has 1 N–H and O–H groups in total. The van der Waals surface area contributed by atoms with Crippen molar-refractivity contribution in [1.82, 2.24) is 15.1 Å². The van der Waals surface area contributed by atoms with Gasteiger partial charge in [0, 0.05) is 18.4 Å². The quantitative estimate of drug-likeness (QED) is 0.784. The van der Waals surface area contributed by atoms with E-state index < -0.39 is 23.5 Å². The molecule has 7 nitrogen and oxygen atoms in total. The molecule has 1 aromatic heterocycles. The van der Waals surface area contributed by atoms with Gasteiger partial charge in [0.1, 0.15) is 11.4 Å². The zero-order chi connectivity index (χ0) is 21.2. The first-order chi connectivity index (χ1) is 14.3. The minimum absolute atomic E-state index is 0.136. The van der Waals surface area contributed by atoms with Gasteiger partial charge in [0.2, 0.25) is 11.8 Å². The summed E-state index contributed by atoms with van der Waals surface area (Å²) in [5.74, 6) is -1.81. The van der Waals surface area contributed by atoms with Gasteiger partial charge in [-0.1, -0.05) is 12.2 Å². The molecule has 1 spiro atoms. The Labute approximate surface area is 173 Å². The van der Waals surface area contributed by atoms with Crippen LogP contribution < -0.4 is 4.90 Å². The van der Waals surface area contributed by atoms with Crippen LogP contribution in [0.15, 0.2) is 36.4 Å². The first-order valence-electron chi connectivity index (χ1n) is 10.00. The maximum Gasteiger partial charge on any atom is 0.234 e. The van der Waals surface area contributed by atoms with Crippen molar-refractivity contribution in [1.29, 1.82) is 0 Å². The van der Waals surface area contributed by atoms with Gasteiger partial charge in [-0.15, -0.1) is 0 Å². The number of aromatic amines is 1. The maximum atomic E-state index is 13.6. The summed E-state index contributed by atoms with van der Waals surface area (Å²) in [7, 11) is 1.72. The standard InChI is InChI=1S/C22H23FN4O3/c1-12-8-14(23)4-5-16(12)27-11-22-7-6-17(30-22)18(19(22)21(27)29)20(28)26(3)10-15-9-13(2)24-25-15/h4-9,17-19H,10-11H2,1-3H3,(H,24,25)/t17-,18+,19+,22-/m0/s1. The number of rotatable bonds is 4. The van der Waals surface area contributed by atoms with Crippen LogP contribution in [0, 0.1) is 31.5 Å². The first kappa shape index (κ1) is 19.0. The van der Waals surface area contributed by atoms with E-state index in [1.807, 2.05) is 25.1 Å². The smallest absolute Gasteiger partial charge is 0.234 e. The number of anilines is 1. The predicted octanol–water partition coefficient (Wildman–Crippen LogP) is 2.11. The van der Waals surface area contributed by atoms with Crippen LogP contribution in [0.4, 0.5) is 10.1 Å². The number of nitrogens with one attached hydrogen (secondary N) is 1. The Hall–Kier alpha value is -3.00. The van der Waals surface area contributed by atoms with Gasteiger partial charge < -0.3 is 14.5 Å². The fourth-order valence-electron chi connectivity index (χ4n) is 5.04. The highest BCUT2D eigenvalue weighted by atomic mass is 19.1. The number of H-pyrrole nitrogens is 1. The van der Waals surface area contributed by atoms with E-state index in [9.17, 15) is 14.0 Å². The predicted molar refractivity (Wildman–Crippen MR) is 107 cm³/mol. The van der Waals surface area contributed by atoms with Gasteiger partial charge in [-0.3, -0.25) is 14.7 Å². The van der Waals surface area contributed by atoms with Crippen LogP contribution >= 0.6 is 0 Å². The molecule has 0 unspecified atom stereocenters. The molecular formula is C22H23FN4O3. The number of hydrogen-bond acceptors (Lipinski definition) is 4. The van der Waals surface area contributed by atoms with Gasteiger partial charge >= 0.3 is 0 Å². The molecule has 5 rings (SSSR count). The van der Waals surface area contributed by atoms with Crippen LogP contribution in [0.2, 0.25) is 0 Å². The molecule has 0 aliphatic carbocycles. The highest BCUT2D eigenvalue weighted by Gasteiger charge is 2.67. The molecule has 2 aromatic rings. The fourth-order valence-corrected chi connectivity index (χ4v) is 5.04. The second-order valence-electron chi connectivity index (χ2n) is 8.49. The third-order valence-electron chi connectivity index (χ3n) is 6.37. The third-order valence-corrected chi connectivity index (χ3v) is 6.37. The molecule has 4 heterocycles. The normalized spacial score (nSPS) is 29.0. The summed E-state index contributed by atoms with van der Waals surface area (Å²) >= 11 is 0. The molecule has 4 atom stereocenters. The number of carbonyl (C=O) groups excluding carboxylic acids is 2. The Morgan fingerprint density at radius 2 is 2.20 bits per heavy atom. The highest BCUT2D eigenvalue weighted by molar-refractivity contribution is 6.03. The topological polar surface area (TPSA) is 78.5 Å². The number of benzene rings is 1. The summed E-state index contributed by atoms with van der Waals surface area (Å²) < 4.78 is 19.7. The average molecular weight is 410 g/mol. The number of halogens is 1. The van der Waals surface area contributed by atoms with E-state index in [0.717, 1.165) is 11.4 Å². The van der Waals surface area contributed by atoms with Crippen molar-refractivity contribution in [3.63, 3.8) is 0 Å². The number of aryl methyl sites for hydroxylation is 2.